The molecule has 0 amide bonds. The fourth-order valence-electron chi connectivity index (χ4n) is 9.80. The SMILES string of the molecule is CCCCCCC/C=C\C/C=C\C/C=C\CCCCCCCCCCCCCCCCC(=O)OCC(COC(=O)CCCCCCCCCCCCCC)OC(=O)CCCCCCC/C=C\CCCCCCCCC. The van der Waals surface area contributed by atoms with Crippen LogP contribution in [0.15, 0.2) is 48.6 Å². The zero-order valence-corrected chi connectivity index (χ0v) is 50.3. The van der Waals surface area contributed by atoms with Crippen molar-refractivity contribution in [1.82, 2.24) is 0 Å². The van der Waals surface area contributed by atoms with Crippen molar-refractivity contribution in [3.63, 3.8) is 0 Å². The summed E-state index contributed by atoms with van der Waals surface area (Å²) >= 11 is 0. The van der Waals surface area contributed by atoms with Crippen LogP contribution >= 0.6 is 0 Å². The highest BCUT2D eigenvalue weighted by Gasteiger charge is 2.19. The lowest BCUT2D eigenvalue weighted by atomic mass is 10.0. The fraction of sp³-hybridized carbons (Fsp3) is 0.841. The van der Waals surface area contributed by atoms with Gasteiger partial charge in [-0.3, -0.25) is 14.4 Å². The number of carbonyl (C=O) groups excluding carboxylic acids is 3. The molecular weight excluding hydrogens is 925 g/mol. The molecule has 0 bridgehead atoms. The maximum atomic E-state index is 12.9. The molecule has 1 unspecified atom stereocenters. The van der Waals surface area contributed by atoms with Crippen molar-refractivity contribution in [3.8, 4) is 0 Å². The Hall–Kier alpha value is -2.63. The maximum Gasteiger partial charge on any atom is 0.306 e. The van der Waals surface area contributed by atoms with E-state index in [0.717, 1.165) is 77.0 Å². The summed E-state index contributed by atoms with van der Waals surface area (Å²) in [7, 11) is 0. The van der Waals surface area contributed by atoms with Crippen molar-refractivity contribution in [2.75, 3.05) is 13.2 Å². The molecule has 0 rings (SSSR count). The van der Waals surface area contributed by atoms with Gasteiger partial charge in [0.15, 0.2) is 6.10 Å². The molecule has 438 valence electrons. The molecule has 0 aromatic carbocycles. The number of rotatable bonds is 61. The summed E-state index contributed by atoms with van der Waals surface area (Å²) in [6.45, 7) is 6.66. The smallest absolute Gasteiger partial charge is 0.306 e. The molecule has 6 nitrogen and oxygen atoms in total. The minimum atomic E-state index is -0.775. The van der Waals surface area contributed by atoms with Gasteiger partial charge in [-0.05, 0) is 83.5 Å². The Kier molecular flexibility index (Phi) is 61.7. The van der Waals surface area contributed by atoms with Crippen molar-refractivity contribution >= 4 is 17.9 Å². The van der Waals surface area contributed by atoms with E-state index in [4.69, 9.17) is 14.2 Å². The number of hydrogen-bond acceptors (Lipinski definition) is 6. The Balaban J connectivity index is 4.19. The second-order valence-corrected chi connectivity index (χ2v) is 22.4. The van der Waals surface area contributed by atoms with E-state index in [0.29, 0.717) is 19.3 Å². The molecule has 0 aliphatic rings. The van der Waals surface area contributed by atoms with E-state index in [2.05, 4.69) is 69.4 Å². The molecule has 0 aliphatic carbocycles. The third-order valence-electron chi connectivity index (χ3n) is 14.8. The minimum absolute atomic E-state index is 0.0720. The number of esters is 3. The molecule has 0 aromatic heterocycles. The normalized spacial score (nSPS) is 12.3. The van der Waals surface area contributed by atoms with Gasteiger partial charge < -0.3 is 14.2 Å². The summed E-state index contributed by atoms with van der Waals surface area (Å²) in [5, 5.41) is 0. The first kappa shape index (κ1) is 72.4. The highest BCUT2D eigenvalue weighted by Crippen LogP contribution is 2.17. The van der Waals surface area contributed by atoms with Gasteiger partial charge in [0.1, 0.15) is 13.2 Å². The Morgan fingerprint density at radius 2 is 0.480 bits per heavy atom. The maximum absolute atomic E-state index is 12.9. The first-order chi connectivity index (χ1) is 37.0. The predicted molar refractivity (Wildman–Crippen MR) is 325 cm³/mol. The summed E-state index contributed by atoms with van der Waals surface area (Å²) in [6.07, 6.45) is 79.8. The molecule has 6 heteroatoms. The molecule has 0 aromatic rings. The number of carbonyl (C=O) groups is 3. The quantitative estimate of drug-likeness (QED) is 0.0261. The average Bonchev–Trinajstić information content (AvgIpc) is 3.41. The van der Waals surface area contributed by atoms with Crippen molar-refractivity contribution in [2.24, 2.45) is 0 Å². The number of hydrogen-bond donors (Lipinski definition) is 0. The van der Waals surface area contributed by atoms with E-state index in [-0.39, 0.29) is 31.1 Å². The van der Waals surface area contributed by atoms with Gasteiger partial charge in [0.25, 0.3) is 0 Å². The van der Waals surface area contributed by atoms with Crippen molar-refractivity contribution in [1.29, 1.82) is 0 Å². The van der Waals surface area contributed by atoms with Gasteiger partial charge >= 0.3 is 17.9 Å². The molecule has 0 aliphatic heterocycles. The van der Waals surface area contributed by atoms with Crippen LogP contribution < -0.4 is 0 Å². The van der Waals surface area contributed by atoms with Crippen LogP contribution in [0.1, 0.15) is 355 Å². The van der Waals surface area contributed by atoms with E-state index in [1.807, 2.05) is 0 Å². The average molecular weight is 1050 g/mol. The first-order valence-corrected chi connectivity index (χ1v) is 33.1. The molecule has 75 heavy (non-hydrogen) atoms. The van der Waals surface area contributed by atoms with Gasteiger partial charge in [0.2, 0.25) is 0 Å². The van der Waals surface area contributed by atoms with E-state index in [9.17, 15) is 14.4 Å². The van der Waals surface area contributed by atoms with Gasteiger partial charge in [-0.15, -0.1) is 0 Å². The summed E-state index contributed by atoms with van der Waals surface area (Å²) in [6, 6.07) is 0. The molecular formula is C69H126O6. The van der Waals surface area contributed by atoms with Gasteiger partial charge in [-0.1, -0.05) is 301 Å². The second-order valence-electron chi connectivity index (χ2n) is 22.4. The molecule has 0 heterocycles. The Morgan fingerprint density at radius 3 is 0.760 bits per heavy atom. The van der Waals surface area contributed by atoms with E-state index in [1.165, 1.54) is 238 Å². The summed E-state index contributed by atoms with van der Waals surface area (Å²) in [5.74, 6) is -0.861. The van der Waals surface area contributed by atoms with Crippen molar-refractivity contribution in [2.45, 2.75) is 361 Å². The molecule has 1 atom stereocenters. The van der Waals surface area contributed by atoms with E-state index in [1.54, 1.807) is 0 Å². The molecule has 0 saturated heterocycles. The highest BCUT2D eigenvalue weighted by molar-refractivity contribution is 5.71. The van der Waals surface area contributed by atoms with E-state index >= 15 is 0 Å². The minimum Gasteiger partial charge on any atom is -0.462 e. The van der Waals surface area contributed by atoms with Crippen LogP contribution in [0.5, 0.6) is 0 Å². The van der Waals surface area contributed by atoms with Crippen LogP contribution in [0.4, 0.5) is 0 Å². The molecule has 0 spiro atoms. The summed E-state index contributed by atoms with van der Waals surface area (Å²) < 4.78 is 16.9. The lowest BCUT2D eigenvalue weighted by Gasteiger charge is -2.18. The molecule has 0 radical (unpaired) electrons. The number of unbranched alkanes of at least 4 members (excludes halogenated alkanes) is 42. The summed E-state index contributed by atoms with van der Waals surface area (Å²) in [5.41, 5.74) is 0. The largest absolute Gasteiger partial charge is 0.462 e. The van der Waals surface area contributed by atoms with Crippen LogP contribution in [-0.4, -0.2) is 37.2 Å². The number of ether oxygens (including phenoxy) is 3. The predicted octanol–water partition coefficient (Wildman–Crippen LogP) is 22.6. The van der Waals surface area contributed by atoms with Crippen LogP contribution in [0, 0.1) is 0 Å². The summed E-state index contributed by atoms with van der Waals surface area (Å²) in [4.78, 5) is 38.3. The van der Waals surface area contributed by atoms with Crippen molar-refractivity contribution in [3.05, 3.63) is 48.6 Å². The molecule has 0 fully saturated rings. The van der Waals surface area contributed by atoms with Gasteiger partial charge in [-0.2, -0.15) is 0 Å². The van der Waals surface area contributed by atoms with E-state index < -0.39 is 6.10 Å². The zero-order chi connectivity index (χ0) is 54.3. The van der Waals surface area contributed by atoms with Gasteiger partial charge in [-0.25, -0.2) is 0 Å². The van der Waals surface area contributed by atoms with Crippen LogP contribution in [0.25, 0.3) is 0 Å². The van der Waals surface area contributed by atoms with Crippen LogP contribution in [-0.2, 0) is 28.6 Å². The lowest BCUT2D eigenvalue weighted by molar-refractivity contribution is -0.167. The standard InChI is InChI=1S/C69H126O6/c1-4-7-10-13-16-19-22-25-27-29-30-31-32-33-34-35-36-37-38-39-40-41-43-44-47-50-53-56-59-62-68(71)74-65-66(64-73-67(70)61-58-55-52-49-46-24-21-18-15-12-9-6-3)75-69(72)63-60-57-54-51-48-45-42-28-26-23-20-17-14-11-8-5-2/h22,25,28-30,32-33,42,66H,4-21,23-24,26-27,31,34-41,43-65H2,1-3H3/b25-22-,30-29-,33-32-,42-28-. The Bertz CT molecular complexity index is 1300. The number of allylic oxidation sites excluding steroid dienone is 8. The molecule has 0 saturated carbocycles. The first-order valence-electron chi connectivity index (χ1n) is 33.1. The monoisotopic (exact) mass is 1050 g/mol. The fourth-order valence-corrected chi connectivity index (χ4v) is 9.80. The Morgan fingerprint density at radius 1 is 0.267 bits per heavy atom. The van der Waals surface area contributed by atoms with Gasteiger partial charge in [0, 0.05) is 19.3 Å². The lowest BCUT2D eigenvalue weighted by Crippen LogP contribution is -2.30. The van der Waals surface area contributed by atoms with Crippen LogP contribution in [0.2, 0.25) is 0 Å². The topological polar surface area (TPSA) is 78.9 Å². The highest BCUT2D eigenvalue weighted by atomic mass is 16.6. The molecule has 0 N–H and O–H groups in total. The Labute approximate surface area is 467 Å². The third-order valence-corrected chi connectivity index (χ3v) is 14.8. The van der Waals surface area contributed by atoms with Gasteiger partial charge in [0.05, 0.1) is 0 Å². The second kappa shape index (κ2) is 63.9. The van der Waals surface area contributed by atoms with Crippen LogP contribution in [0.3, 0.4) is 0 Å². The third kappa shape index (κ3) is 62.1. The zero-order valence-electron chi connectivity index (χ0n) is 50.3. The van der Waals surface area contributed by atoms with Crippen molar-refractivity contribution < 1.29 is 28.6 Å².